The zero-order valence-electron chi connectivity index (χ0n) is 11.9. The summed E-state index contributed by atoms with van der Waals surface area (Å²) >= 11 is 0. The Kier molecular flexibility index (Phi) is 5.52. The molecular weight excluding hydrogens is 260 g/mol. The molecule has 0 spiro atoms. The van der Waals surface area contributed by atoms with Crippen LogP contribution in [0, 0.1) is 0 Å². The molecule has 0 heterocycles. The molecule has 0 saturated carbocycles. The number of hydrogen-bond acceptors (Lipinski definition) is 3. The van der Waals surface area contributed by atoms with Gasteiger partial charge in [0.05, 0.1) is 5.75 Å². The van der Waals surface area contributed by atoms with E-state index in [0.29, 0.717) is 6.54 Å². The Hall–Kier alpha value is -0.910. The first-order chi connectivity index (χ1) is 8.84. The minimum absolute atomic E-state index is 0.00354. The molecule has 0 unspecified atom stereocenters. The Morgan fingerprint density at radius 1 is 1.21 bits per heavy atom. The van der Waals surface area contributed by atoms with Crippen LogP contribution < -0.4 is 10.5 Å². The van der Waals surface area contributed by atoms with Gasteiger partial charge in [-0.25, -0.2) is 13.1 Å². The minimum Gasteiger partial charge on any atom is -0.326 e. The van der Waals surface area contributed by atoms with E-state index in [1.54, 1.807) is 0 Å². The molecule has 0 bridgehead atoms. The molecule has 1 aromatic carbocycles. The molecule has 108 valence electrons. The third-order valence-corrected chi connectivity index (χ3v) is 5.06. The van der Waals surface area contributed by atoms with Crippen LogP contribution in [0.15, 0.2) is 24.3 Å². The summed E-state index contributed by atoms with van der Waals surface area (Å²) in [4.78, 5) is 0. The van der Waals surface area contributed by atoms with Crippen LogP contribution in [0.4, 0.5) is 0 Å². The number of sulfonamides is 1. The monoisotopic (exact) mass is 284 g/mol. The van der Waals surface area contributed by atoms with Crippen LogP contribution in [0.1, 0.15) is 44.7 Å². The molecule has 0 aromatic heterocycles. The highest BCUT2D eigenvalue weighted by atomic mass is 32.2. The molecule has 0 aliphatic rings. The summed E-state index contributed by atoms with van der Waals surface area (Å²) in [7, 11) is -3.33. The lowest BCUT2D eigenvalue weighted by molar-refractivity contribution is 0.388. The average Bonchev–Trinajstić information content (AvgIpc) is 2.37. The highest BCUT2D eigenvalue weighted by molar-refractivity contribution is 7.88. The quantitative estimate of drug-likeness (QED) is 0.806. The van der Waals surface area contributed by atoms with Gasteiger partial charge in [-0.05, 0) is 30.9 Å². The smallest absolute Gasteiger partial charge is 0.216 e. The van der Waals surface area contributed by atoms with Crippen LogP contribution in [0.5, 0.6) is 0 Å². The number of nitrogens with two attached hydrogens (primary N) is 1. The van der Waals surface area contributed by atoms with Crippen molar-refractivity contribution in [1.82, 2.24) is 4.72 Å². The topological polar surface area (TPSA) is 72.2 Å². The van der Waals surface area contributed by atoms with Crippen LogP contribution in [0.2, 0.25) is 0 Å². The van der Waals surface area contributed by atoms with E-state index in [1.165, 1.54) is 0 Å². The molecule has 0 amide bonds. The summed E-state index contributed by atoms with van der Waals surface area (Å²) < 4.78 is 27.2. The molecule has 19 heavy (non-hydrogen) atoms. The number of hydrogen-bond donors (Lipinski definition) is 2. The maximum Gasteiger partial charge on any atom is 0.216 e. The van der Waals surface area contributed by atoms with Crippen molar-refractivity contribution in [1.29, 1.82) is 0 Å². The van der Waals surface area contributed by atoms with Gasteiger partial charge in [-0.15, -0.1) is 0 Å². The Labute approximate surface area is 116 Å². The second-order valence-electron chi connectivity index (χ2n) is 5.15. The number of nitrogens with one attached hydrogen (secondary N) is 1. The van der Waals surface area contributed by atoms with E-state index in [1.807, 2.05) is 45.0 Å². The standard InChI is InChI=1S/C14H24N2O2S/c1-4-14(3,5-2)16-19(17,18)11-13-8-6-7-12(9-13)10-15/h6-9,16H,4-5,10-11,15H2,1-3H3. The van der Waals surface area contributed by atoms with Crippen molar-refractivity contribution in [3.8, 4) is 0 Å². The van der Waals surface area contributed by atoms with E-state index in [4.69, 9.17) is 5.73 Å². The molecule has 0 radical (unpaired) electrons. The van der Waals surface area contributed by atoms with Gasteiger partial charge in [0.15, 0.2) is 0 Å². The highest BCUT2D eigenvalue weighted by Gasteiger charge is 2.26. The summed E-state index contributed by atoms with van der Waals surface area (Å²) in [5.41, 5.74) is 6.91. The third kappa shape index (κ3) is 4.93. The lowest BCUT2D eigenvalue weighted by Crippen LogP contribution is -2.45. The van der Waals surface area contributed by atoms with Crippen molar-refractivity contribution in [2.45, 2.75) is 51.4 Å². The molecule has 1 rings (SSSR count). The summed E-state index contributed by atoms with van der Waals surface area (Å²) in [5.74, 6) is -0.00354. The van der Waals surface area contributed by atoms with Crippen molar-refractivity contribution in [2.75, 3.05) is 0 Å². The molecule has 1 aromatic rings. The first-order valence-corrected chi connectivity index (χ1v) is 8.29. The van der Waals surface area contributed by atoms with Gasteiger partial charge in [0.25, 0.3) is 0 Å². The number of benzene rings is 1. The fourth-order valence-corrected chi connectivity index (χ4v) is 3.60. The Morgan fingerprint density at radius 2 is 1.79 bits per heavy atom. The third-order valence-electron chi connectivity index (χ3n) is 3.55. The molecule has 4 nitrogen and oxygen atoms in total. The van der Waals surface area contributed by atoms with Gasteiger partial charge in [-0.2, -0.15) is 0 Å². The first kappa shape index (κ1) is 16.1. The lowest BCUT2D eigenvalue weighted by atomic mass is 9.98. The molecular formula is C14H24N2O2S. The van der Waals surface area contributed by atoms with Crippen molar-refractivity contribution in [3.05, 3.63) is 35.4 Å². The summed E-state index contributed by atoms with van der Waals surface area (Å²) in [6, 6.07) is 7.39. The molecule has 0 fully saturated rings. The lowest BCUT2D eigenvalue weighted by Gasteiger charge is -2.27. The van der Waals surface area contributed by atoms with E-state index in [0.717, 1.165) is 24.0 Å². The van der Waals surface area contributed by atoms with Crippen molar-refractivity contribution in [2.24, 2.45) is 5.73 Å². The average molecular weight is 284 g/mol. The SMILES string of the molecule is CCC(C)(CC)NS(=O)(=O)Cc1cccc(CN)c1. The summed E-state index contributed by atoms with van der Waals surface area (Å²) in [6.07, 6.45) is 1.54. The van der Waals surface area contributed by atoms with Gasteiger partial charge >= 0.3 is 0 Å². The van der Waals surface area contributed by atoms with E-state index >= 15 is 0 Å². The van der Waals surface area contributed by atoms with E-state index in [2.05, 4.69) is 4.72 Å². The van der Waals surface area contributed by atoms with Crippen molar-refractivity contribution < 1.29 is 8.42 Å². The molecule has 0 atom stereocenters. The zero-order valence-corrected chi connectivity index (χ0v) is 12.8. The van der Waals surface area contributed by atoms with Gasteiger partial charge in [0.2, 0.25) is 10.0 Å². The van der Waals surface area contributed by atoms with Crippen LogP contribution in [0.3, 0.4) is 0 Å². The zero-order chi connectivity index (χ0) is 14.5. The molecule has 5 heteroatoms. The normalized spacial score (nSPS) is 12.6. The van der Waals surface area contributed by atoms with Crippen molar-refractivity contribution >= 4 is 10.0 Å². The number of rotatable bonds is 7. The van der Waals surface area contributed by atoms with Gasteiger partial charge < -0.3 is 5.73 Å². The predicted octanol–water partition coefficient (Wildman–Crippen LogP) is 2.14. The molecule has 0 saturated heterocycles. The first-order valence-electron chi connectivity index (χ1n) is 6.63. The van der Waals surface area contributed by atoms with E-state index in [-0.39, 0.29) is 11.3 Å². The maximum absolute atomic E-state index is 12.2. The molecule has 0 aliphatic heterocycles. The van der Waals surface area contributed by atoms with Gasteiger partial charge in [-0.1, -0.05) is 38.1 Å². The maximum atomic E-state index is 12.2. The van der Waals surface area contributed by atoms with Crippen LogP contribution in [-0.4, -0.2) is 14.0 Å². The highest BCUT2D eigenvalue weighted by Crippen LogP contribution is 2.17. The second kappa shape index (κ2) is 6.50. The summed E-state index contributed by atoms with van der Waals surface area (Å²) in [5, 5.41) is 0. The van der Waals surface area contributed by atoms with Gasteiger partial charge in [-0.3, -0.25) is 0 Å². The Balaban J connectivity index is 2.84. The van der Waals surface area contributed by atoms with Gasteiger partial charge in [0.1, 0.15) is 0 Å². The fraction of sp³-hybridized carbons (Fsp3) is 0.571. The van der Waals surface area contributed by atoms with Crippen LogP contribution >= 0.6 is 0 Å². The fourth-order valence-electron chi connectivity index (χ4n) is 1.87. The van der Waals surface area contributed by atoms with Crippen molar-refractivity contribution in [3.63, 3.8) is 0 Å². The Bertz CT molecular complexity index is 508. The Morgan fingerprint density at radius 3 is 2.32 bits per heavy atom. The van der Waals surface area contributed by atoms with Crippen LogP contribution in [-0.2, 0) is 22.3 Å². The van der Waals surface area contributed by atoms with E-state index < -0.39 is 10.0 Å². The molecule has 0 aliphatic carbocycles. The predicted molar refractivity (Wildman–Crippen MR) is 79.1 cm³/mol. The van der Waals surface area contributed by atoms with E-state index in [9.17, 15) is 8.42 Å². The van der Waals surface area contributed by atoms with Crippen LogP contribution in [0.25, 0.3) is 0 Å². The largest absolute Gasteiger partial charge is 0.326 e. The second-order valence-corrected chi connectivity index (χ2v) is 6.88. The summed E-state index contributed by atoms with van der Waals surface area (Å²) in [6.45, 7) is 6.33. The molecule has 3 N–H and O–H groups in total. The minimum atomic E-state index is -3.33. The van der Waals surface area contributed by atoms with Gasteiger partial charge in [0, 0.05) is 12.1 Å².